The summed E-state index contributed by atoms with van der Waals surface area (Å²) in [5.41, 5.74) is 1.64. The van der Waals surface area contributed by atoms with Crippen molar-refractivity contribution in [2.45, 2.75) is 32.3 Å². The van der Waals surface area contributed by atoms with Gasteiger partial charge in [0, 0.05) is 50.1 Å². The van der Waals surface area contributed by atoms with E-state index in [9.17, 15) is 14.9 Å². The van der Waals surface area contributed by atoms with Crippen molar-refractivity contribution < 1.29 is 14.5 Å². The summed E-state index contributed by atoms with van der Waals surface area (Å²) in [5.74, 6) is 0.791. The van der Waals surface area contributed by atoms with Gasteiger partial charge in [0.1, 0.15) is 0 Å². The molecule has 0 atom stereocenters. The summed E-state index contributed by atoms with van der Waals surface area (Å²) in [6.07, 6.45) is 5.02. The molecule has 1 aliphatic heterocycles. The van der Waals surface area contributed by atoms with Crippen LogP contribution in [0.2, 0.25) is 0 Å². The second-order valence-corrected chi connectivity index (χ2v) is 6.91. The molecular weight excluding hydrogens is 322 g/mol. The first kappa shape index (κ1) is 17.7. The number of benzene rings is 1. The van der Waals surface area contributed by atoms with E-state index in [-0.39, 0.29) is 18.2 Å². The van der Waals surface area contributed by atoms with Crippen LogP contribution < -0.4 is 4.90 Å². The molecule has 0 spiro atoms. The number of amides is 1. The smallest absolute Gasteiger partial charge is 0.269 e. The fourth-order valence-electron chi connectivity index (χ4n) is 3.88. The highest BCUT2D eigenvalue weighted by Gasteiger charge is 2.28. The highest BCUT2D eigenvalue weighted by atomic mass is 16.6. The molecule has 1 aromatic carbocycles. The maximum atomic E-state index is 12.6. The first-order chi connectivity index (χ1) is 12.1. The molecule has 3 rings (SSSR count). The molecule has 25 heavy (non-hydrogen) atoms. The van der Waals surface area contributed by atoms with E-state index in [4.69, 9.17) is 4.74 Å². The molecule has 7 heteroatoms. The van der Waals surface area contributed by atoms with Gasteiger partial charge in [0.15, 0.2) is 0 Å². The first-order valence-corrected chi connectivity index (χ1v) is 8.87. The van der Waals surface area contributed by atoms with E-state index in [1.807, 2.05) is 9.80 Å². The number of methoxy groups -OCH3 is 1. The summed E-state index contributed by atoms with van der Waals surface area (Å²) in [6, 6.07) is 4.75. The van der Waals surface area contributed by atoms with Gasteiger partial charge in [-0.2, -0.15) is 0 Å². The first-order valence-electron chi connectivity index (χ1n) is 8.87. The molecule has 0 aromatic heterocycles. The van der Waals surface area contributed by atoms with Crippen LogP contribution in [0.1, 0.15) is 31.2 Å². The van der Waals surface area contributed by atoms with E-state index in [1.54, 1.807) is 13.2 Å². The lowest BCUT2D eigenvalue weighted by Gasteiger charge is -2.37. The van der Waals surface area contributed by atoms with Gasteiger partial charge in [0.25, 0.3) is 5.69 Å². The number of hydrogen-bond donors (Lipinski definition) is 0. The number of rotatable bonds is 6. The number of nitro benzene ring substituents is 1. The molecule has 1 saturated carbocycles. The van der Waals surface area contributed by atoms with Crippen molar-refractivity contribution in [1.29, 1.82) is 0 Å². The minimum atomic E-state index is -0.409. The number of carbonyl (C=O) groups is 1. The molecule has 1 saturated heterocycles. The van der Waals surface area contributed by atoms with E-state index in [2.05, 4.69) is 0 Å². The minimum absolute atomic E-state index is 0.0435. The number of anilines is 1. The van der Waals surface area contributed by atoms with Crippen molar-refractivity contribution in [3.8, 4) is 0 Å². The molecular formula is C18H25N3O4. The standard InChI is InChI=1S/C18H25N3O4/c1-25-13-15-10-16(21(23)24)6-7-17(15)19-8-9-20(18(22)12-19)11-14-4-2-3-5-14/h6-7,10,14H,2-5,8-9,11-13H2,1H3. The lowest BCUT2D eigenvalue weighted by molar-refractivity contribution is -0.384. The van der Waals surface area contributed by atoms with E-state index in [0.717, 1.165) is 24.3 Å². The fraction of sp³-hybridized carbons (Fsp3) is 0.611. The number of carbonyl (C=O) groups excluding carboxylic acids is 1. The van der Waals surface area contributed by atoms with Crippen LogP contribution in [0.15, 0.2) is 18.2 Å². The minimum Gasteiger partial charge on any atom is -0.380 e. The van der Waals surface area contributed by atoms with Crippen LogP contribution in [0.4, 0.5) is 11.4 Å². The number of ether oxygens (including phenoxy) is 1. The molecule has 0 N–H and O–H groups in total. The highest BCUT2D eigenvalue weighted by molar-refractivity contribution is 5.83. The molecule has 1 heterocycles. The lowest BCUT2D eigenvalue weighted by Crippen LogP contribution is -2.51. The summed E-state index contributed by atoms with van der Waals surface area (Å²) < 4.78 is 5.19. The van der Waals surface area contributed by atoms with Crippen molar-refractivity contribution in [2.24, 2.45) is 5.92 Å². The summed E-state index contributed by atoms with van der Waals surface area (Å²) in [6.45, 7) is 2.93. The Balaban J connectivity index is 1.70. The van der Waals surface area contributed by atoms with Gasteiger partial charge in [-0.3, -0.25) is 14.9 Å². The maximum absolute atomic E-state index is 12.6. The third-order valence-electron chi connectivity index (χ3n) is 5.19. The molecule has 0 unspecified atom stereocenters. The molecule has 2 aliphatic rings. The van der Waals surface area contributed by atoms with E-state index < -0.39 is 4.92 Å². The summed E-state index contributed by atoms with van der Waals surface area (Å²) in [5, 5.41) is 11.0. The Hall–Kier alpha value is -2.15. The van der Waals surface area contributed by atoms with Crippen LogP contribution >= 0.6 is 0 Å². The number of hydrogen-bond acceptors (Lipinski definition) is 5. The van der Waals surface area contributed by atoms with Gasteiger partial charge in [-0.15, -0.1) is 0 Å². The largest absolute Gasteiger partial charge is 0.380 e. The Morgan fingerprint density at radius 3 is 2.68 bits per heavy atom. The molecule has 2 fully saturated rings. The average Bonchev–Trinajstić information content (AvgIpc) is 3.10. The van der Waals surface area contributed by atoms with Gasteiger partial charge >= 0.3 is 0 Å². The van der Waals surface area contributed by atoms with Gasteiger partial charge in [-0.1, -0.05) is 12.8 Å². The van der Waals surface area contributed by atoms with Gasteiger partial charge in [-0.25, -0.2) is 0 Å². The number of nitrogens with zero attached hydrogens (tertiary/aromatic N) is 3. The van der Waals surface area contributed by atoms with Crippen LogP contribution in [-0.4, -0.2) is 49.0 Å². The van der Waals surface area contributed by atoms with Crippen molar-refractivity contribution >= 4 is 17.3 Å². The van der Waals surface area contributed by atoms with Crippen LogP contribution in [0.25, 0.3) is 0 Å². The number of piperazine rings is 1. The van der Waals surface area contributed by atoms with Crippen LogP contribution in [-0.2, 0) is 16.1 Å². The van der Waals surface area contributed by atoms with Crippen molar-refractivity contribution in [1.82, 2.24) is 4.90 Å². The Bertz CT molecular complexity index is 643. The van der Waals surface area contributed by atoms with E-state index >= 15 is 0 Å². The summed E-state index contributed by atoms with van der Waals surface area (Å²) in [4.78, 5) is 27.1. The van der Waals surface area contributed by atoms with Gasteiger partial charge in [0.05, 0.1) is 18.1 Å². The normalized spacial score (nSPS) is 18.8. The Morgan fingerprint density at radius 1 is 1.28 bits per heavy atom. The zero-order chi connectivity index (χ0) is 17.8. The Morgan fingerprint density at radius 2 is 2.04 bits per heavy atom. The number of non-ortho nitro benzene ring substituents is 1. The third kappa shape index (κ3) is 4.10. The SMILES string of the molecule is COCc1cc([N+](=O)[O-])ccc1N1CCN(CC2CCCC2)C(=O)C1. The molecule has 1 aliphatic carbocycles. The zero-order valence-electron chi connectivity index (χ0n) is 14.6. The second kappa shape index (κ2) is 7.82. The van der Waals surface area contributed by atoms with Gasteiger partial charge in [-0.05, 0) is 24.8 Å². The van der Waals surface area contributed by atoms with Gasteiger partial charge in [0.2, 0.25) is 5.91 Å². The molecule has 136 valence electrons. The quantitative estimate of drug-likeness (QED) is 0.584. The monoisotopic (exact) mass is 347 g/mol. The second-order valence-electron chi connectivity index (χ2n) is 6.91. The van der Waals surface area contributed by atoms with Gasteiger partial charge < -0.3 is 14.5 Å². The molecule has 0 bridgehead atoms. The Labute approximate surface area is 147 Å². The highest BCUT2D eigenvalue weighted by Crippen LogP contribution is 2.29. The van der Waals surface area contributed by atoms with E-state index in [1.165, 1.54) is 37.8 Å². The van der Waals surface area contributed by atoms with E-state index in [0.29, 0.717) is 19.0 Å². The van der Waals surface area contributed by atoms with Crippen LogP contribution in [0, 0.1) is 16.0 Å². The molecule has 7 nitrogen and oxygen atoms in total. The summed E-state index contributed by atoms with van der Waals surface area (Å²) in [7, 11) is 1.56. The summed E-state index contributed by atoms with van der Waals surface area (Å²) >= 11 is 0. The number of nitro groups is 1. The molecule has 1 aromatic rings. The van der Waals surface area contributed by atoms with Crippen LogP contribution in [0.3, 0.4) is 0 Å². The Kier molecular flexibility index (Phi) is 5.53. The van der Waals surface area contributed by atoms with Crippen LogP contribution in [0.5, 0.6) is 0 Å². The maximum Gasteiger partial charge on any atom is 0.269 e. The average molecular weight is 347 g/mol. The molecule has 0 radical (unpaired) electrons. The fourth-order valence-corrected chi connectivity index (χ4v) is 3.88. The predicted octanol–water partition coefficient (Wildman–Crippen LogP) is 2.58. The zero-order valence-corrected chi connectivity index (χ0v) is 14.6. The third-order valence-corrected chi connectivity index (χ3v) is 5.19. The van der Waals surface area contributed by atoms with Crippen molar-refractivity contribution in [3.05, 3.63) is 33.9 Å². The van der Waals surface area contributed by atoms with Crippen molar-refractivity contribution in [2.75, 3.05) is 38.2 Å². The lowest BCUT2D eigenvalue weighted by atomic mass is 10.1. The predicted molar refractivity (Wildman–Crippen MR) is 94.6 cm³/mol. The van der Waals surface area contributed by atoms with Crippen molar-refractivity contribution in [3.63, 3.8) is 0 Å². The molecule has 1 amide bonds. The topological polar surface area (TPSA) is 75.9 Å².